The lowest BCUT2D eigenvalue weighted by atomic mass is 10.1. The Balaban J connectivity index is 2.02. The highest BCUT2D eigenvalue weighted by Gasteiger charge is 2.29. The standard InChI is InChI=1S/C15H22N4O2/c1-4-13(12-6-5-7-16-10-12)18(3)14(20)11-19-9-8-17(2)15(19)21/h5-7,10,13H,4,8-9,11H2,1-3H3/t13-/m1/s1. The van der Waals surface area contributed by atoms with E-state index in [0.717, 1.165) is 12.0 Å². The molecule has 1 aromatic heterocycles. The molecule has 0 saturated carbocycles. The molecule has 2 heterocycles. The van der Waals surface area contributed by atoms with E-state index < -0.39 is 0 Å². The van der Waals surface area contributed by atoms with E-state index in [0.29, 0.717) is 13.1 Å². The van der Waals surface area contributed by atoms with E-state index >= 15 is 0 Å². The highest BCUT2D eigenvalue weighted by molar-refractivity contribution is 5.85. The summed E-state index contributed by atoms with van der Waals surface area (Å²) in [6, 6.07) is 3.75. The molecule has 0 aliphatic carbocycles. The molecular weight excluding hydrogens is 268 g/mol. The molecule has 1 saturated heterocycles. The predicted octanol–water partition coefficient (Wildman–Crippen LogP) is 1.36. The molecule has 0 N–H and O–H groups in total. The molecule has 0 unspecified atom stereocenters. The van der Waals surface area contributed by atoms with Crippen molar-refractivity contribution in [2.24, 2.45) is 0 Å². The Morgan fingerprint density at radius 3 is 2.76 bits per heavy atom. The summed E-state index contributed by atoms with van der Waals surface area (Å²) in [5.74, 6) is -0.0469. The van der Waals surface area contributed by atoms with Crippen molar-refractivity contribution in [2.45, 2.75) is 19.4 Å². The van der Waals surface area contributed by atoms with Crippen LogP contribution in [0.2, 0.25) is 0 Å². The lowest BCUT2D eigenvalue weighted by molar-refractivity contribution is -0.132. The van der Waals surface area contributed by atoms with Crippen LogP contribution in [0.1, 0.15) is 24.9 Å². The van der Waals surface area contributed by atoms with E-state index in [1.54, 1.807) is 41.2 Å². The van der Waals surface area contributed by atoms with Gasteiger partial charge in [0.1, 0.15) is 6.54 Å². The largest absolute Gasteiger partial charge is 0.337 e. The number of urea groups is 1. The van der Waals surface area contributed by atoms with Crippen LogP contribution in [0.5, 0.6) is 0 Å². The van der Waals surface area contributed by atoms with Crippen molar-refractivity contribution in [3.05, 3.63) is 30.1 Å². The number of aromatic nitrogens is 1. The van der Waals surface area contributed by atoms with Gasteiger partial charge in [-0.1, -0.05) is 13.0 Å². The lowest BCUT2D eigenvalue weighted by Crippen LogP contribution is -2.41. The van der Waals surface area contributed by atoms with E-state index in [2.05, 4.69) is 4.98 Å². The van der Waals surface area contributed by atoms with Crippen molar-refractivity contribution in [2.75, 3.05) is 33.7 Å². The first-order valence-corrected chi connectivity index (χ1v) is 7.20. The predicted molar refractivity (Wildman–Crippen MR) is 79.6 cm³/mol. The summed E-state index contributed by atoms with van der Waals surface area (Å²) < 4.78 is 0. The van der Waals surface area contributed by atoms with Gasteiger partial charge in [0.05, 0.1) is 6.04 Å². The van der Waals surface area contributed by atoms with E-state index in [1.165, 1.54) is 0 Å². The molecule has 0 radical (unpaired) electrons. The molecule has 1 aliphatic rings. The molecule has 1 aliphatic heterocycles. The van der Waals surface area contributed by atoms with Gasteiger partial charge in [-0.05, 0) is 18.1 Å². The number of rotatable bonds is 5. The second kappa shape index (κ2) is 6.56. The van der Waals surface area contributed by atoms with Crippen LogP contribution in [0.4, 0.5) is 4.79 Å². The molecule has 21 heavy (non-hydrogen) atoms. The van der Waals surface area contributed by atoms with Crippen molar-refractivity contribution in [1.29, 1.82) is 0 Å². The van der Waals surface area contributed by atoms with Gasteiger partial charge in [-0.2, -0.15) is 0 Å². The van der Waals surface area contributed by atoms with Crippen LogP contribution in [0, 0.1) is 0 Å². The molecule has 6 heteroatoms. The minimum atomic E-state index is -0.0776. The van der Waals surface area contributed by atoms with Crippen LogP contribution >= 0.6 is 0 Å². The van der Waals surface area contributed by atoms with Crippen LogP contribution in [0.25, 0.3) is 0 Å². The Hall–Kier alpha value is -2.11. The first-order valence-electron chi connectivity index (χ1n) is 7.20. The summed E-state index contributed by atoms with van der Waals surface area (Å²) in [6.07, 6.45) is 4.31. The smallest absolute Gasteiger partial charge is 0.320 e. The number of amides is 3. The van der Waals surface area contributed by atoms with E-state index in [-0.39, 0.29) is 24.5 Å². The molecule has 0 bridgehead atoms. The zero-order chi connectivity index (χ0) is 15.4. The molecule has 1 aromatic rings. The SMILES string of the molecule is CC[C@H](c1cccnc1)N(C)C(=O)CN1CCN(C)C1=O. The number of pyridine rings is 1. The quantitative estimate of drug-likeness (QED) is 0.822. The summed E-state index contributed by atoms with van der Waals surface area (Å²) in [5, 5.41) is 0. The van der Waals surface area contributed by atoms with Gasteiger partial charge in [0, 0.05) is 39.6 Å². The maximum absolute atomic E-state index is 12.4. The van der Waals surface area contributed by atoms with Gasteiger partial charge in [0.2, 0.25) is 5.91 Å². The fourth-order valence-electron chi connectivity index (χ4n) is 2.60. The summed E-state index contributed by atoms with van der Waals surface area (Å²) >= 11 is 0. The Kier molecular flexibility index (Phi) is 4.77. The number of hydrogen-bond donors (Lipinski definition) is 0. The van der Waals surface area contributed by atoms with Crippen LogP contribution in [-0.2, 0) is 4.79 Å². The van der Waals surface area contributed by atoms with Crippen LogP contribution in [-0.4, -0.2) is 65.4 Å². The first kappa shape index (κ1) is 15.3. The van der Waals surface area contributed by atoms with Crippen LogP contribution in [0.15, 0.2) is 24.5 Å². The van der Waals surface area contributed by atoms with Gasteiger partial charge in [-0.25, -0.2) is 4.79 Å². The molecule has 0 aromatic carbocycles. The highest BCUT2D eigenvalue weighted by Crippen LogP contribution is 2.22. The molecule has 1 atom stereocenters. The number of carbonyl (C=O) groups is 2. The average molecular weight is 290 g/mol. The van der Waals surface area contributed by atoms with Gasteiger partial charge in [-0.3, -0.25) is 9.78 Å². The fourth-order valence-corrected chi connectivity index (χ4v) is 2.60. The average Bonchev–Trinajstić information content (AvgIpc) is 2.81. The zero-order valence-corrected chi connectivity index (χ0v) is 12.8. The highest BCUT2D eigenvalue weighted by atomic mass is 16.2. The van der Waals surface area contributed by atoms with Gasteiger partial charge in [0.15, 0.2) is 0 Å². The minimum absolute atomic E-state index is 0.0124. The van der Waals surface area contributed by atoms with E-state index in [1.807, 2.05) is 19.1 Å². The fraction of sp³-hybridized carbons (Fsp3) is 0.533. The normalized spacial score (nSPS) is 16.2. The first-order chi connectivity index (χ1) is 10.0. The molecule has 0 spiro atoms. The Labute approximate surface area is 125 Å². The van der Waals surface area contributed by atoms with Crippen molar-refractivity contribution < 1.29 is 9.59 Å². The third-order valence-electron chi connectivity index (χ3n) is 3.95. The minimum Gasteiger partial charge on any atom is -0.337 e. The number of nitrogens with zero attached hydrogens (tertiary/aromatic N) is 4. The van der Waals surface area contributed by atoms with Crippen LogP contribution < -0.4 is 0 Å². The third kappa shape index (κ3) is 3.32. The summed E-state index contributed by atoms with van der Waals surface area (Å²) in [5.41, 5.74) is 1.01. The monoisotopic (exact) mass is 290 g/mol. The number of hydrogen-bond acceptors (Lipinski definition) is 3. The van der Waals surface area contributed by atoms with E-state index in [4.69, 9.17) is 0 Å². The maximum atomic E-state index is 12.4. The Morgan fingerprint density at radius 2 is 2.24 bits per heavy atom. The zero-order valence-electron chi connectivity index (χ0n) is 12.8. The Bertz CT molecular complexity index is 506. The second-order valence-electron chi connectivity index (χ2n) is 5.34. The maximum Gasteiger partial charge on any atom is 0.320 e. The van der Waals surface area contributed by atoms with Gasteiger partial charge in [-0.15, -0.1) is 0 Å². The molecule has 1 fully saturated rings. The molecule has 114 valence electrons. The molecular formula is C15H22N4O2. The molecule has 2 rings (SSSR count). The summed E-state index contributed by atoms with van der Waals surface area (Å²) in [6.45, 7) is 3.46. The van der Waals surface area contributed by atoms with Crippen molar-refractivity contribution >= 4 is 11.9 Å². The third-order valence-corrected chi connectivity index (χ3v) is 3.95. The number of carbonyl (C=O) groups excluding carboxylic acids is 2. The molecule has 6 nitrogen and oxygen atoms in total. The summed E-state index contributed by atoms with van der Waals surface area (Å²) in [7, 11) is 3.54. The van der Waals surface area contributed by atoms with Gasteiger partial charge in [0.25, 0.3) is 0 Å². The second-order valence-corrected chi connectivity index (χ2v) is 5.34. The topological polar surface area (TPSA) is 56.8 Å². The summed E-state index contributed by atoms with van der Waals surface area (Å²) in [4.78, 5) is 33.3. The number of likely N-dealkylation sites (N-methyl/N-ethyl adjacent to an activating group) is 2. The van der Waals surface area contributed by atoms with Crippen LogP contribution in [0.3, 0.4) is 0 Å². The van der Waals surface area contributed by atoms with Crippen molar-refractivity contribution in [3.8, 4) is 0 Å². The Morgan fingerprint density at radius 1 is 1.48 bits per heavy atom. The lowest BCUT2D eigenvalue weighted by Gasteiger charge is -2.29. The van der Waals surface area contributed by atoms with Crippen molar-refractivity contribution in [1.82, 2.24) is 19.7 Å². The van der Waals surface area contributed by atoms with Gasteiger partial charge >= 0.3 is 6.03 Å². The van der Waals surface area contributed by atoms with E-state index in [9.17, 15) is 9.59 Å². The van der Waals surface area contributed by atoms with Gasteiger partial charge < -0.3 is 14.7 Å². The molecule has 3 amide bonds. The van der Waals surface area contributed by atoms with Crippen molar-refractivity contribution in [3.63, 3.8) is 0 Å².